The van der Waals surface area contributed by atoms with Gasteiger partial charge in [-0.25, -0.2) is 4.39 Å². The Bertz CT molecular complexity index is 1210. The lowest BCUT2D eigenvalue weighted by Crippen LogP contribution is -2.05. The van der Waals surface area contributed by atoms with Crippen LogP contribution in [0.5, 0.6) is 5.75 Å². The Morgan fingerprint density at radius 3 is 2.65 bits per heavy atom. The fraction of sp³-hybridized carbons (Fsp3) is 0.375. The minimum absolute atomic E-state index is 0.318. The molecule has 31 heavy (non-hydrogen) atoms. The van der Waals surface area contributed by atoms with E-state index in [1.165, 1.54) is 17.7 Å². The van der Waals surface area contributed by atoms with Gasteiger partial charge in [0.15, 0.2) is 5.65 Å². The molecule has 0 atom stereocenters. The van der Waals surface area contributed by atoms with Crippen LogP contribution < -0.4 is 4.74 Å². The average molecular weight is 422 g/mol. The molecule has 0 amide bonds. The van der Waals surface area contributed by atoms with Crippen molar-refractivity contribution in [1.82, 2.24) is 24.4 Å². The van der Waals surface area contributed by atoms with Crippen LogP contribution in [0.25, 0.3) is 16.8 Å². The summed E-state index contributed by atoms with van der Waals surface area (Å²) < 4.78 is 24.0. The zero-order chi connectivity index (χ0) is 22.0. The normalized spacial score (nSPS) is 11.4. The maximum atomic E-state index is 14.0. The molecule has 3 aromatic heterocycles. The molecule has 3 heterocycles. The Balaban J connectivity index is 1.60. The second-order valence-electron chi connectivity index (χ2n) is 7.88. The van der Waals surface area contributed by atoms with Crippen molar-refractivity contribution in [3.8, 4) is 16.9 Å². The molecule has 4 aromatic rings. The minimum atomic E-state index is -0.318. The number of rotatable bonds is 8. The van der Waals surface area contributed by atoms with Crippen LogP contribution in [0.15, 0.2) is 36.5 Å². The lowest BCUT2D eigenvalue weighted by atomic mass is 10.1. The smallest absolute Gasteiger partial charge is 0.160 e. The topological polar surface area (TPSA) is 57.2 Å². The number of aromatic nitrogens is 5. The van der Waals surface area contributed by atoms with Gasteiger partial charge in [-0.3, -0.25) is 9.08 Å². The van der Waals surface area contributed by atoms with E-state index < -0.39 is 0 Å². The van der Waals surface area contributed by atoms with Gasteiger partial charge in [-0.1, -0.05) is 13.3 Å². The average Bonchev–Trinajstić information content (AvgIpc) is 3.27. The SMILES string of the molecule is CCCCc1nnc2ccc(-c3ccc(F)cc3OCCc3c(C)nn(C)c3C)cn12. The van der Waals surface area contributed by atoms with Gasteiger partial charge in [-0.05, 0) is 50.1 Å². The predicted octanol–water partition coefficient (Wildman–Crippen LogP) is 4.85. The number of fused-ring (bicyclic) bond motifs is 1. The molecule has 0 N–H and O–H groups in total. The maximum Gasteiger partial charge on any atom is 0.160 e. The summed E-state index contributed by atoms with van der Waals surface area (Å²) in [4.78, 5) is 0. The fourth-order valence-corrected chi connectivity index (χ4v) is 3.90. The van der Waals surface area contributed by atoms with E-state index in [1.807, 2.05) is 48.3 Å². The van der Waals surface area contributed by atoms with Crippen molar-refractivity contribution in [1.29, 1.82) is 0 Å². The lowest BCUT2D eigenvalue weighted by Gasteiger charge is -2.13. The van der Waals surface area contributed by atoms with Gasteiger partial charge in [0.2, 0.25) is 0 Å². The van der Waals surface area contributed by atoms with E-state index in [0.29, 0.717) is 18.8 Å². The Morgan fingerprint density at radius 2 is 1.90 bits per heavy atom. The van der Waals surface area contributed by atoms with Gasteiger partial charge in [0.05, 0.1) is 12.3 Å². The van der Waals surface area contributed by atoms with Gasteiger partial charge in [0.25, 0.3) is 0 Å². The Labute approximate surface area is 181 Å². The molecule has 7 heteroatoms. The molecular formula is C24H28FN5O. The molecular weight excluding hydrogens is 393 g/mol. The molecule has 162 valence electrons. The molecule has 0 fully saturated rings. The summed E-state index contributed by atoms with van der Waals surface area (Å²) in [6, 6.07) is 8.59. The van der Waals surface area contributed by atoms with Gasteiger partial charge in [0.1, 0.15) is 17.4 Å². The first-order valence-corrected chi connectivity index (χ1v) is 10.7. The largest absolute Gasteiger partial charge is 0.492 e. The Hall–Kier alpha value is -3.22. The Morgan fingerprint density at radius 1 is 1.06 bits per heavy atom. The van der Waals surface area contributed by atoms with E-state index >= 15 is 0 Å². The first kappa shape index (κ1) is 21.0. The van der Waals surface area contributed by atoms with Gasteiger partial charge >= 0.3 is 0 Å². The van der Waals surface area contributed by atoms with Crippen LogP contribution in [-0.4, -0.2) is 31.0 Å². The van der Waals surface area contributed by atoms with Crippen LogP contribution in [0.3, 0.4) is 0 Å². The van der Waals surface area contributed by atoms with Crippen molar-refractivity contribution in [2.75, 3.05) is 6.61 Å². The highest BCUT2D eigenvalue weighted by atomic mass is 19.1. The molecule has 4 rings (SSSR count). The number of halogens is 1. The molecule has 0 spiro atoms. The third-order valence-corrected chi connectivity index (χ3v) is 5.75. The predicted molar refractivity (Wildman–Crippen MR) is 119 cm³/mol. The highest BCUT2D eigenvalue weighted by Gasteiger charge is 2.13. The highest BCUT2D eigenvalue weighted by molar-refractivity contribution is 5.71. The molecule has 0 saturated heterocycles. The summed E-state index contributed by atoms with van der Waals surface area (Å²) in [6.07, 6.45) is 5.75. The quantitative estimate of drug-likeness (QED) is 0.408. The lowest BCUT2D eigenvalue weighted by molar-refractivity contribution is 0.321. The second-order valence-corrected chi connectivity index (χ2v) is 7.88. The van der Waals surface area contributed by atoms with E-state index in [-0.39, 0.29) is 5.82 Å². The molecule has 0 unspecified atom stereocenters. The van der Waals surface area contributed by atoms with Gasteiger partial charge < -0.3 is 4.74 Å². The van der Waals surface area contributed by atoms with E-state index in [0.717, 1.165) is 53.2 Å². The second kappa shape index (κ2) is 8.88. The van der Waals surface area contributed by atoms with Crippen LogP contribution in [0, 0.1) is 19.7 Å². The summed E-state index contributed by atoms with van der Waals surface area (Å²) in [5.41, 5.74) is 5.89. The summed E-state index contributed by atoms with van der Waals surface area (Å²) in [5.74, 6) is 1.15. The number of hydrogen-bond donors (Lipinski definition) is 0. The third-order valence-electron chi connectivity index (χ3n) is 5.75. The summed E-state index contributed by atoms with van der Waals surface area (Å²) in [6.45, 7) is 6.65. The Kier molecular flexibility index (Phi) is 6.02. The molecule has 6 nitrogen and oxygen atoms in total. The zero-order valence-corrected chi connectivity index (χ0v) is 18.5. The van der Waals surface area contributed by atoms with Crippen LogP contribution in [0.2, 0.25) is 0 Å². The van der Waals surface area contributed by atoms with Crippen molar-refractivity contribution in [2.45, 2.75) is 46.5 Å². The maximum absolute atomic E-state index is 14.0. The zero-order valence-electron chi connectivity index (χ0n) is 18.5. The summed E-state index contributed by atoms with van der Waals surface area (Å²) in [5, 5.41) is 13.0. The molecule has 1 aromatic carbocycles. The van der Waals surface area contributed by atoms with Crippen LogP contribution in [0.1, 0.15) is 42.5 Å². The number of pyridine rings is 1. The first-order valence-electron chi connectivity index (χ1n) is 10.7. The molecule has 0 radical (unpaired) electrons. The number of hydrogen-bond acceptors (Lipinski definition) is 4. The van der Waals surface area contributed by atoms with E-state index in [2.05, 4.69) is 22.2 Å². The van der Waals surface area contributed by atoms with E-state index in [4.69, 9.17) is 4.74 Å². The molecule has 0 aliphatic carbocycles. The number of benzene rings is 1. The monoisotopic (exact) mass is 421 g/mol. The van der Waals surface area contributed by atoms with Gasteiger partial charge in [-0.15, -0.1) is 10.2 Å². The number of unbranched alkanes of at least 4 members (excludes halogenated alkanes) is 1. The van der Waals surface area contributed by atoms with Gasteiger partial charge in [0, 0.05) is 49.0 Å². The van der Waals surface area contributed by atoms with Crippen molar-refractivity contribution in [3.05, 3.63) is 65.1 Å². The summed E-state index contributed by atoms with van der Waals surface area (Å²) in [7, 11) is 1.94. The number of ether oxygens (including phenoxy) is 1. The van der Waals surface area contributed by atoms with E-state index in [9.17, 15) is 4.39 Å². The van der Waals surface area contributed by atoms with E-state index in [1.54, 1.807) is 6.07 Å². The van der Waals surface area contributed by atoms with Crippen LogP contribution in [-0.2, 0) is 19.9 Å². The van der Waals surface area contributed by atoms with Crippen LogP contribution >= 0.6 is 0 Å². The number of nitrogens with zero attached hydrogens (tertiary/aromatic N) is 5. The molecule has 0 aliphatic rings. The minimum Gasteiger partial charge on any atom is -0.492 e. The summed E-state index contributed by atoms with van der Waals surface area (Å²) >= 11 is 0. The molecule has 0 bridgehead atoms. The van der Waals surface area contributed by atoms with Crippen LogP contribution in [0.4, 0.5) is 4.39 Å². The fourth-order valence-electron chi connectivity index (χ4n) is 3.90. The first-order chi connectivity index (χ1) is 15.0. The standard InChI is InChI=1S/C24H28FN5O/c1-5-6-7-23-26-27-24-11-8-18(15-30(23)24)21-10-9-19(25)14-22(21)31-13-12-20-16(2)28-29(4)17(20)3/h8-11,14-15H,5-7,12-13H2,1-4H3. The number of aryl methyl sites for hydroxylation is 3. The van der Waals surface area contributed by atoms with Crippen molar-refractivity contribution >= 4 is 5.65 Å². The third kappa shape index (κ3) is 4.31. The highest BCUT2D eigenvalue weighted by Crippen LogP contribution is 2.31. The molecule has 0 aliphatic heterocycles. The van der Waals surface area contributed by atoms with Crippen molar-refractivity contribution in [2.24, 2.45) is 7.05 Å². The molecule has 0 saturated carbocycles. The van der Waals surface area contributed by atoms with Crippen molar-refractivity contribution < 1.29 is 9.13 Å². The van der Waals surface area contributed by atoms with Gasteiger partial charge in [-0.2, -0.15) is 5.10 Å². The van der Waals surface area contributed by atoms with Crippen molar-refractivity contribution in [3.63, 3.8) is 0 Å².